The summed E-state index contributed by atoms with van der Waals surface area (Å²) in [5, 5.41) is 3.19. The minimum atomic E-state index is -0.762. The topological polar surface area (TPSA) is 12.0 Å². The van der Waals surface area contributed by atoms with Gasteiger partial charge >= 0.3 is 0 Å². The Balaban J connectivity index is 2.76. The van der Waals surface area contributed by atoms with Crippen molar-refractivity contribution in [2.75, 3.05) is 7.05 Å². The molecule has 1 aromatic rings. The number of hydrogen-bond donors (Lipinski definition) is 1. The molecule has 0 aliphatic heterocycles. The monoisotopic (exact) mass is 227 g/mol. The number of rotatable bonds is 5. The lowest BCUT2D eigenvalue weighted by Crippen LogP contribution is -2.32. The van der Waals surface area contributed by atoms with Gasteiger partial charge in [0.15, 0.2) is 11.6 Å². The fourth-order valence-electron chi connectivity index (χ4n) is 2.09. The van der Waals surface area contributed by atoms with Crippen molar-refractivity contribution in [1.29, 1.82) is 0 Å². The average molecular weight is 227 g/mol. The van der Waals surface area contributed by atoms with E-state index in [2.05, 4.69) is 19.2 Å². The van der Waals surface area contributed by atoms with E-state index >= 15 is 0 Å². The van der Waals surface area contributed by atoms with Gasteiger partial charge in [-0.1, -0.05) is 26.0 Å². The van der Waals surface area contributed by atoms with Crippen molar-refractivity contribution in [3.8, 4) is 0 Å². The lowest BCUT2D eigenvalue weighted by Gasteiger charge is -2.22. The molecule has 2 atom stereocenters. The molecule has 1 rings (SSSR count). The highest BCUT2D eigenvalue weighted by Gasteiger charge is 2.16. The van der Waals surface area contributed by atoms with Gasteiger partial charge in [-0.15, -0.1) is 0 Å². The van der Waals surface area contributed by atoms with E-state index in [0.717, 1.165) is 12.5 Å². The van der Waals surface area contributed by atoms with E-state index in [1.165, 1.54) is 0 Å². The van der Waals surface area contributed by atoms with Crippen LogP contribution in [0.3, 0.4) is 0 Å². The Hall–Kier alpha value is -0.960. The number of nitrogens with one attached hydrogen (secondary N) is 1. The first-order valence-electron chi connectivity index (χ1n) is 5.70. The van der Waals surface area contributed by atoms with Crippen molar-refractivity contribution < 1.29 is 8.78 Å². The first-order valence-corrected chi connectivity index (χ1v) is 5.70. The summed E-state index contributed by atoms with van der Waals surface area (Å²) >= 11 is 0. The van der Waals surface area contributed by atoms with Crippen LogP contribution in [-0.2, 0) is 6.42 Å². The van der Waals surface area contributed by atoms with Crippen molar-refractivity contribution >= 4 is 0 Å². The Morgan fingerprint density at radius 2 is 2.00 bits per heavy atom. The SMILES string of the molecule is CCC(NC)C(C)Cc1cccc(F)c1F. The molecule has 0 radical (unpaired) electrons. The minimum absolute atomic E-state index is 0.284. The molecule has 3 heteroatoms. The number of hydrogen-bond acceptors (Lipinski definition) is 1. The van der Waals surface area contributed by atoms with E-state index in [-0.39, 0.29) is 5.92 Å². The van der Waals surface area contributed by atoms with Gasteiger partial charge in [0.1, 0.15) is 0 Å². The van der Waals surface area contributed by atoms with E-state index in [1.807, 2.05) is 7.05 Å². The van der Waals surface area contributed by atoms with Gasteiger partial charge in [0, 0.05) is 6.04 Å². The summed E-state index contributed by atoms with van der Waals surface area (Å²) in [6.45, 7) is 4.13. The molecule has 0 heterocycles. The predicted molar refractivity (Wildman–Crippen MR) is 62.4 cm³/mol. The van der Waals surface area contributed by atoms with Gasteiger partial charge in [0.25, 0.3) is 0 Å². The standard InChI is InChI=1S/C13H19F2N/c1-4-12(16-3)9(2)8-10-6-5-7-11(14)13(10)15/h5-7,9,12,16H,4,8H2,1-3H3. The molecule has 0 bridgehead atoms. The summed E-state index contributed by atoms with van der Waals surface area (Å²) in [4.78, 5) is 0. The molecule has 1 aromatic carbocycles. The van der Waals surface area contributed by atoms with E-state index in [9.17, 15) is 8.78 Å². The molecule has 0 aliphatic rings. The normalized spacial score (nSPS) is 14.8. The molecule has 0 amide bonds. The zero-order valence-corrected chi connectivity index (χ0v) is 10.1. The molecule has 0 fully saturated rings. The molecule has 16 heavy (non-hydrogen) atoms. The second-order valence-electron chi connectivity index (χ2n) is 4.20. The zero-order valence-electron chi connectivity index (χ0n) is 10.1. The van der Waals surface area contributed by atoms with Gasteiger partial charge in [-0.05, 0) is 37.4 Å². The van der Waals surface area contributed by atoms with Gasteiger partial charge in [0.2, 0.25) is 0 Å². The summed E-state index contributed by atoms with van der Waals surface area (Å²) in [5.74, 6) is -1.19. The van der Waals surface area contributed by atoms with Crippen LogP contribution in [-0.4, -0.2) is 13.1 Å². The molecule has 0 aromatic heterocycles. The van der Waals surface area contributed by atoms with Crippen molar-refractivity contribution in [3.05, 3.63) is 35.4 Å². The molecule has 2 unspecified atom stereocenters. The van der Waals surface area contributed by atoms with Crippen molar-refractivity contribution in [1.82, 2.24) is 5.32 Å². The van der Waals surface area contributed by atoms with Crippen LogP contribution in [0.4, 0.5) is 8.78 Å². The third-order valence-electron chi connectivity index (χ3n) is 3.07. The van der Waals surface area contributed by atoms with Gasteiger partial charge in [0.05, 0.1) is 0 Å². The van der Waals surface area contributed by atoms with Crippen molar-refractivity contribution in [2.24, 2.45) is 5.92 Å². The largest absolute Gasteiger partial charge is 0.317 e. The predicted octanol–water partition coefficient (Wildman–Crippen LogP) is 3.14. The maximum atomic E-state index is 13.4. The first-order chi connectivity index (χ1) is 7.60. The Bertz CT molecular complexity index is 335. The molecule has 0 aliphatic carbocycles. The van der Waals surface area contributed by atoms with E-state index in [0.29, 0.717) is 18.0 Å². The molecular formula is C13H19F2N. The molecule has 0 spiro atoms. The third kappa shape index (κ3) is 3.01. The van der Waals surface area contributed by atoms with Crippen LogP contribution in [0.25, 0.3) is 0 Å². The minimum Gasteiger partial charge on any atom is -0.317 e. The molecule has 1 N–H and O–H groups in total. The van der Waals surface area contributed by atoms with Crippen LogP contribution >= 0.6 is 0 Å². The number of halogens is 2. The summed E-state index contributed by atoms with van der Waals surface area (Å²) in [7, 11) is 1.90. The highest BCUT2D eigenvalue weighted by Crippen LogP contribution is 2.18. The van der Waals surface area contributed by atoms with Crippen LogP contribution in [0.2, 0.25) is 0 Å². The second kappa shape index (κ2) is 5.94. The first kappa shape index (κ1) is 13.1. The van der Waals surface area contributed by atoms with Crippen LogP contribution in [0.1, 0.15) is 25.8 Å². The molecule has 1 nitrogen and oxygen atoms in total. The van der Waals surface area contributed by atoms with Crippen LogP contribution in [0.5, 0.6) is 0 Å². The number of benzene rings is 1. The van der Waals surface area contributed by atoms with Crippen LogP contribution in [0, 0.1) is 17.6 Å². The maximum Gasteiger partial charge on any atom is 0.162 e. The molecule has 0 saturated heterocycles. The zero-order chi connectivity index (χ0) is 12.1. The third-order valence-corrected chi connectivity index (χ3v) is 3.07. The highest BCUT2D eigenvalue weighted by molar-refractivity contribution is 5.19. The van der Waals surface area contributed by atoms with E-state index in [4.69, 9.17) is 0 Å². The van der Waals surface area contributed by atoms with Crippen LogP contribution in [0.15, 0.2) is 18.2 Å². The summed E-state index contributed by atoms with van der Waals surface area (Å²) in [6, 6.07) is 4.69. The molecule has 90 valence electrons. The fourth-order valence-corrected chi connectivity index (χ4v) is 2.09. The summed E-state index contributed by atoms with van der Waals surface area (Å²) in [5.41, 5.74) is 0.459. The van der Waals surface area contributed by atoms with Crippen LogP contribution < -0.4 is 5.32 Å². The van der Waals surface area contributed by atoms with Gasteiger partial charge < -0.3 is 5.32 Å². The van der Waals surface area contributed by atoms with E-state index in [1.54, 1.807) is 12.1 Å². The highest BCUT2D eigenvalue weighted by atomic mass is 19.2. The Labute approximate surface area is 95.9 Å². The van der Waals surface area contributed by atoms with Gasteiger partial charge in [-0.3, -0.25) is 0 Å². The Morgan fingerprint density at radius 1 is 1.31 bits per heavy atom. The van der Waals surface area contributed by atoms with Gasteiger partial charge in [-0.25, -0.2) is 8.78 Å². The Kier molecular flexibility index (Phi) is 4.87. The lowest BCUT2D eigenvalue weighted by molar-refractivity contribution is 0.379. The molecule has 0 saturated carbocycles. The summed E-state index contributed by atoms with van der Waals surface area (Å²) < 4.78 is 26.4. The van der Waals surface area contributed by atoms with E-state index < -0.39 is 11.6 Å². The summed E-state index contributed by atoms with van der Waals surface area (Å²) in [6.07, 6.45) is 1.54. The van der Waals surface area contributed by atoms with Crippen molar-refractivity contribution in [2.45, 2.75) is 32.7 Å². The quantitative estimate of drug-likeness (QED) is 0.814. The van der Waals surface area contributed by atoms with Crippen molar-refractivity contribution in [3.63, 3.8) is 0 Å². The fraction of sp³-hybridized carbons (Fsp3) is 0.538. The average Bonchev–Trinajstić information content (AvgIpc) is 2.26. The smallest absolute Gasteiger partial charge is 0.162 e. The maximum absolute atomic E-state index is 13.4. The second-order valence-corrected chi connectivity index (χ2v) is 4.20. The lowest BCUT2D eigenvalue weighted by atomic mass is 9.92. The Morgan fingerprint density at radius 3 is 2.56 bits per heavy atom. The van der Waals surface area contributed by atoms with Gasteiger partial charge in [-0.2, -0.15) is 0 Å². The molecular weight excluding hydrogens is 208 g/mol.